The van der Waals surface area contributed by atoms with Gasteiger partial charge in [-0.1, -0.05) is 6.07 Å². The maximum atomic E-state index is 12.2. The van der Waals surface area contributed by atoms with Gasteiger partial charge < -0.3 is 24.3 Å². The van der Waals surface area contributed by atoms with Crippen LogP contribution in [0.3, 0.4) is 0 Å². The van der Waals surface area contributed by atoms with Crippen molar-refractivity contribution in [3.05, 3.63) is 40.0 Å². The molecule has 1 saturated heterocycles. The first-order chi connectivity index (χ1) is 11.8. The molecule has 1 aromatic heterocycles. The third-order valence-corrected chi connectivity index (χ3v) is 5.06. The summed E-state index contributed by atoms with van der Waals surface area (Å²) in [4.78, 5) is 36.6. The van der Waals surface area contributed by atoms with Crippen molar-refractivity contribution in [2.45, 2.75) is 25.5 Å². The monoisotopic (exact) mass is 366 g/mol. The van der Waals surface area contributed by atoms with Crippen LogP contribution in [0.2, 0.25) is 0 Å². The number of hydrogen-bond donors (Lipinski definition) is 1. The summed E-state index contributed by atoms with van der Waals surface area (Å²) >= 11 is 0. The normalized spacial score (nSPS) is 22.9. The third kappa shape index (κ3) is 2.48. The van der Waals surface area contributed by atoms with Crippen LogP contribution < -0.4 is 40.4 Å². The molecule has 130 valence electrons. The Labute approximate surface area is 170 Å². The number of aliphatic carboxylic acids is 1. The van der Waals surface area contributed by atoms with Crippen LogP contribution in [0.25, 0.3) is 16.7 Å². The number of β-lactam (4-membered cyclic amide) rings is 1. The SMILES string of the molecule is C[C@@H](O)[C@H]1C(=O)N2C(C(=O)[O-])=C(c3ccc4c(c3)oc(=O)n4C)C[C@H]12.[Na+]. The van der Waals surface area contributed by atoms with Gasteiger partial charge in [0, 0.05) is 7.05 Å². The molecule has 0 spiro atoms. The number of rotatable bonds is 3. The molecule has 0 unspecified atom stereocenters. The van der Waals surface area contributed by atoms with E-state index >= 15 is 0 Å². The van der Waals surface area contributed by atoms with Gasteiger partial charge >= 0.3 is 35.3 Å². The molecule has 0 bridgehead atoms. The van der Waals surface area contributed by atoms with Gasteiger partial charge in [-0.15, -0.1) is 0 Å². The molecule has 4 rings (SSSR count). The Bertz CT molecular complexity index is 1020. The minimum Gasteiger partial charge on any atom is -0.543 e. The first kappa shape index (κ1) is 18.9. The van der Waals surface area contributed by atoms with Crippen molar-refractivity contribution in [1.29, 1.82) is 0 Å². The Kier molecular flexibility index (Phi) is 4.64. The molecule has 0 aliphatic carbocycles. The van der Waals surface area contributed by atoms with Crippen LogP contribution in [0, 0.1) is 5.92 Å². The molecule has 2 aliphatic rings. The van der Waals surface area contributed by atoms with E-state index in [0.29, 0.717) is 28.7 Å². The molecule has 1 amide bonds. The standard InChI is InChI=1S/C17H16N2O6.Na/c1-7(20)13-11-6-9(14(16(22)23)19(11)15(13)21)8-3-4-10-12(5-8)25-17(24)18(10)2;/h3-5,7,11,13,20H,6H2,1-2H3,(H,22,23);/q;+1/p-1/t7-,11-,13-;/m1./s1. The van der Waals surface area contributed by atoms with E-state index in [1.807, 2.05) is 0 Å². The summed E-state index contributed by atoms with van der Waals surface area (Å²) in [6.45, 7) is 1.52. The zero-order valence-electron chi connectivity index (χ0n) is 14.6. The molecule has 2 aliphatic heterocycles. The molecule has 1 N–H and O–H groups in total. The number of nitrogens with zero attached hydrogens (tertiary/aromatic N) is 2. The van der Waals surface area contributed by atoms with Gasteiger partial charge in [-0.05, 0) is 36.6 Å². The van der Waals surface area contributed by atoms with Gasteiger partial charge in [-0.2, -0.15) is 0 Å². The van der Waals surface area contributed by atoms with E-state index in [2.05, 4.69) is 0 Å². The number of aryl methyl sites for hydroxylation is 1. The molecule has 1 aromatic carbocycles. The second kappa shape index (κ2) is 6.38. The first-order valence-electron chi connectivity index (χ1n) is 7.87. The Morgan fingerprint density at radius 3 is 2.69 bits per heavy atom. The summed E-state index contributed by atoms with van der Waals surface area (Å²) in [7, 11) is 1.58. The second-order valence-electron chi connectivity index (χ2n) is 6.47. The summed E-state index contributed by atoms with van der Waals surface area (Å²) in [5, 5.41) is 21.4. The number of fused-ring (bicyclic) bond motifs is 2. The molecule has 3 atom stereocenters. The average Bonchev–Trinajstić information content (AvgIpc) is 3.02. The van der Waals surface area contributed by atoms with Gasteiger partial charge in [0.15, 0.2) is 5.58 Å². The van der Waals surface area contributed by atoms with E-state index in [-0.39, 0.29) is 35.3 Å². The molecular weight excluding hydrogens is 351 g/mol. The number of oxazole rings is 1. The van der Waals surface area contributed by atoms with Gasteiger partial charge in [0.25, 0.3) is 0 Å². The molecule has 26 heavy (non-hydrogen) atoms. The number of carboxylic acids is 1. The fraction of sp³-hybridized carbons (Fsp3) is 0.353. The van der Waals surface area contributed by atoms with Crippen molar-refractivity contribution in [1.82, 2.24) is 9.47 Å². The fourth-order valence-electron chi connectivity index (χ4n) is 3.84. The number of aromatic nitrogens is 1. The van der Waals surface area contributed by atoms with E-state index in [9.17, 15) is 24.6 Å². The predicted octanol–water partition coefficient (Wildman–Crippen LogP) is -3.79. The number of carbonyl (C=O) groups is 2. The second-order valence-corrected chi connectivity index (χ2v) is 6.47. The van der Waals surface area contributed by atoms with E-state index in [0.717, 1.165) is 0 Å². The van der Waals surface area contributed by atoms with Gasteiger partial charge in [0.05, 0.1) is 35.2 Å². The summed E-state index contributed by atoms with van der Waals surface area (Å²) in [6.07, 6.45) is -0.557. The van der Waals surface area contributed by atoms with Crippen molar-refractivity contribution in [2.24, 2.45) is 13.0 Å². The smallest absolute Gasteiger partial charge is 0.543 e. The van der Waals surface area contributed by atoms with Crippen molar-refractivity contribution < 1.29 is 53.8 Å². The van der Waals surface area contributed by atoms with E-state index in [1.165, 1.54) is 16.4 Å². The van der Waals surface area contributed by atoms with Crippen LogP contribution in [0.5, 0.6) is 0 Å². The summed E-state index contributed by atoms with van der Waals surface area (Å²) in [5.41, 5.74) is 1.73. The molecule has 2 aromatic rings. The molecule has 9 heteroatoms. The summed E-state index contributed by atoms with van der Waals surface area (Å²) < 4.78 is 6.49. The Morgan fingerprint density at radius 1 is 1.38 bits per heavy atom. The first-order valence-corrected chi connectivity index (χ1v) is 7.87. The van der Waals surface area contributed by atoms with Crippen LogP contribution in [0.4, 0.5) is 0 Å². The van der Waals surface area contributed by atoms with Crippen molar-refractivity contribution in [2.75, 3.05) is 0 Å². The van der Waals surface area contributed by atoms with Gasteiger partial charge in [0.1, 0.15) is 0 Å². The fourth-order valence-corrected chi connectivity index (χ4v) is 3.84. The Balaban J connectivity index is 0.00000196. The minimum atomic E-state index is -1.44. The van der Waals surface area contributed by atoms with Crippen LogP contribution in [-0.4, -0.2) is 38.6 Å². The third-order valence-electron chi connectivity index (χ3n) is 5.06. The van der Waals surface area contributed by atoms with Crippen molar-refractivity contribution in [3.63, 3.8) is 0 Å². The van der Waals surface area contributed by atoms with Crippen LogP contribution in [0.15, 0.2) is 33.1 Å². The number of benzene rings is 1. The van der Waals surface area contributed by atoms with E-state index < -0.39 is 35.7 Å². The van der Waals surface area contributed by atoms with Gasteiger partial charge in [-0.25, -0.2) is 4.79 Å². The van der Waals surface area contributed by atoms with Gasteiger partial charge in [-0.3, -0.25) is 9.36 Å². The summed E-state index contributed by atoms with van der Waals surface area (Å²) in [6, 6.07) is 4.54. The Morgan fingerprint density at radius 2 is 2.08 bits per heavy atom. The quantitative estimate of drug-likeness (QED) is 0.440. The van der Waals surface area contributed by atoms with Gasteiger partial charge in [0.2, 0.25) is 5.91 Å². The number of hydrogen-bond acceptors (Lipinski definition) is 6. The van der Waals surface area contributed by atoms with E-state index in [1.54, 1.807) is 25.2 Å². The largest absolute Gasteiger partial charge is 1.00 e. The minimum absolute atomic E-state index is 0. The molecule has 0 saturated carbocycles. The number of carboxylic acid groups (broad SMARTS) is 1. The van der Waals surface area contributed by atoms with E-state index in [4.69, 9.17) is 4.42 Å². The predicted molar refractivity (Wildman–Crippen MR) is 83.8 cm³/mol. The van der Waals surface area contributed by atoms with Crippen LogP contribution in [-0.2, 0) is 16.6 Å². The molecule has 1 fully saturated rings. The maximum Gasteiger partial charge on any atom is 1.00 e. The number of aliphatic hydroxyl groups is 1. The number of amides is 1. The zero-order chi connectivity index (χ0) is 18.0. The molecule has 0 radical (unpaired) electrons. The van der Waals surface area contributed by atoms with Crippen LogP contribution in [0.1, 0.15) is 18.9 Å². The van der Waals surface area contributed by atoms with Crippen LogP contribution >= 0.6 is 0 Å². The van der Waals surface area contributed by atoms with Crippen molar-refractivity contribution in [3.8, 4) is 0 Å². The topological polar surface area (TPSA) is 116 Å². The van der Waals surface area contributed by atoms with Crippen molar-refractivity contribution >= 4 is 28.5 Å². The average molecular weight is 366 g/mol. The zero-order valence-corrected chi connectivity index (χ0v) is 16.6. The molecular formula is C17H15N2NaO6. The molecule has 8 nitrogen and oxygen atoms in total. The number of carbonyl (C=O) groups excluding carboxylic acids is 2. The number of aliphatic hydroxyl groups excluding tert-OH is 1. The molecule has 3 heterocycles. The summed E-state index contributed by atoms with van der Waals surface area (Å²) in [5.74, 6) is -2.99. The maximum absolute atomic E-state index is 12.2. The Hall–Kier alpha value is -1.87.